The molecule has 1 amide bonds. The second-order valence-electron chi connectivity index (χ2n) is 3.80. The fraction of sp³-hybridized carbons (Fsp3) is 0.500. The van der Waals surface area contributed by atoms with Gasteiger partial charge in [-0.2, -0.15) is 0 Å². The Kier molecular flexibility index (Phi) is 5.59. The molecule has 0 bridgehead atoms. The number of carbonyl (C=O) groups is 1. The van der Waals surface area contributed by atoms with Gasteiger partial charge in [-0.1, -0.05) is 6.07 Å². The molecule has 94 valence electrons. The average Bonchev–Trinajstić information content (AvgIpc) is 2.34. The second-order valence-corrected chi connectivity index (χ2v) is 3.80. The Hall–Kier alpha value is -1.46. The Morgan fingerprint density at radius 3 is 2.94 bits per heavy atom. The first-order valence-corrected chi connectivity index (χ1v) is 5.61. The molecular formula is C12H19N3O2. The first-order chi connectivity index (χ1) is 8.16. The Labute approximate surface area is 102 Å². The number of amides is 1. The summed E-state index contributed by atoms with van der Waals surface area (Å²) in [5.74, 6) is -0.0838. The number of ether oxygens (including phenoxy) is 1. The van der Waals surface area contributed by atoms with Crippen LogP contribution in [0.5, 0.6) is 0 Å². The van der Waals surface area contributed by atoms with Crippen molar-refractivity contribution in [1.29, 1.82) is 0 Å². The van der Waals surface area contributed by atoms with Crippen LogP contribution in [0.4, 0.5) is 0 Å². The van der Waals surface area contributed by atoms with Gasteiger partial charge in [0, 0.05) is 26.3 Å². The minimum absolute atomic E-state index is 0.0838. The molecule has 0 radical (unpaired) electrons. The zero-order valence-electron chi connectivity index (χ0n) is 10.3. The maximum Gasteiger partial charge on any atom is 0.272 e. The standard InChI is InChI=1S/C12H19N3O2/c1-10-4-3-6-14-11(10)12(16)15(2)7-9-17-8-5-13/h3-4,6H,5,7-9,13H2,1-2H3. The quantitative estimate of drug-likeness (QED) is 0.729. The largest absolute Gasteiger partial charge is 0.378 e. The van der Waals surface area contributed by atoms with Gasteiger partial charge in [-0.25, -0.2) is 0 Å². The van der Waals surface area contributed by atoms with Gasteiger partial charge in [0.2, 0.25) is 0 Å². The molecule has 1 aromatic heterocycles. The van der Waals surface area contributed by atoms with Crippen LogP contribution < -0.4 is 5.73 Å². The van der Waals surface area contributed by atoms with Crippen LogP contribution in [0, 0.1) is 6.92 Å². The molecule has 5 nitrogen and oxygen atoms in total. The molecule has 0 unspecified atom stereocenters. The molecule has 1 rings (SSSR count). The molecule has 0 aromatic carbocycles. The molecule has 0 aliphatic heterocycles. The van der Waals surface area contributed by atoms with Gasteiger partial charge in [-0.05, 0) is 18.6 Å². The zero-order chi connectivity index (χ0) is 12.7. The monoisotopic (exact) mass is 237 g/mol. The van der Waals surface area contributed by atoms with Gasteiger partial charge in [0.15, 0.2) is 0 Å². The van der Waals surface area contributed by atoms with E-state index in [0.717, 1.165) is 5.56 Å². The van der Waals surface area contributed by atoms with Crippen LogP contribution in [0.3, 0.4) is 0 Å². The van der Waals surface area contributed by atoms with Gasteiger partial charge in [-0.3, -0.25) is 9.78 Å². The van der Waals surface area contributed by atoms with Gasteiger partial charge < -0.3 is 15.4 Å². The number of hydrogen-bond donors (Lipinski definition) is 1. The van der Waals surface area contributed by atoms with E-state index < -0.39 is 0 Å². The number of aryl methyl sites for hydroxylation is 1. The molecule has 1 heterocycles. The maximum atomic E-state index is 12.0. The highest BCUT2D eigenvalue weighted by Gasteiger charge is 2.14. The molecule has 17 heavy (non-hydrogen) atoms. The summed E-state index contributed by atoms with van der Waals surface area (Å²) in [5.41, 5.74) is 6.68. The molecule has 0 fully saturated rings. The topological polar surface area (TPSA) is 68.5 Å². The summed E-state index contributed by atoms with van der Waals surface area (Å²) in [6, 6.07) is 3.69. The van der Waals surface area contributed by atoms with E-state index in [4.69, 9.17) is 10.5 Å². The van der Waals surface area contributed by atoms with E-state index in [1.54, 1.807) is 18.1 Å². The predicted molar refractivity (Wildman–Crippen MR) is 65.8 cm³/mol. The highest BCUT2D eigenvalue weighted by molar-refractivity contribution is 5.93. The van der Waals surface area contributed by atoms with Crippen LogP contribution in [0.1, 0.15) is 16.1 Å². The lowest BCUT2D eigenvalue weighted by Gasteiger charge is -2.17. The lowest BCUT2D eigenvalue weighted by atomic mass is 10.2. The van der Waals surface area contributed by atoms with E-state index in [-0.39, 0.29) is 5.91 Å². The van der Waals surface area contributed by atoms with Crippen molar-refractivity contribution in [2.24, 2.45) is 5.73 Å². The van der Waals surface area contributed by atoms with Crippen molar-refractivity contribution in [3.63, 3.8) is 0 Å². The van der Waals surface area contributed by atoms with Crippen molar-refractivity contribution in [3.8, 4) is 0 Å². The first-order valence-electron chi connectivity index (χ1n) is 5.61. The van der Waals surface area contributed by atoms with E-state index >= 15 is 0 Å². The van der Waals surface area contributed by atoms with E-state index in [0.29, 0.717) is 32.0 Å². The van der Waals surface area contributed by atoms with Gasteiger partial charge in [0.05, 0.1) is 13.2 Å². The van der Waals surface area contributed by atoms with Crippen LogP contribution >= 0.6 is 0 Å². The molecule has 0 aliphatic rings. The number of aromatic nitrogens is 1. The van der Waals surface area contributed by atoms with Crippen LogP contribution in [0.2, 0.25) is 0 Å². The third-order valence-corrected chi connectivity index (χ3v) is 2.39. The van der Waals surface area contributed by atoms with Gasteiger partial charge in [-0.15, -0.1) is 0 Å². The average molecular weight is 237 g/mol. The summed E-state index contributed by atoms with van der Waals surface area (Å²) in [6.07, 6.45) is 1.62. The van der Waals surface area contributed by atoms with Gasteiger partial charge in [0.25, 0.3) is 5.91 Å². The Morgan fingerprint density at radius 1 is 1.53 bits per heavy atom. The summed E-state index contributed by atoms with van der Waals surface area (Å²) < 4.78 is 5.23. The normalized spacial score (nSPS) is 10.3. The molecule has 2 N–H and O–H groups in total. The Morgan fingerprint density at radius 2 is 2.29 bits per heavy atom. The number of hydrogen-bond acceptors (Lipinski definition) is 4. The van der Waals surface area contributed by atoms with Crippen LogP contribution in [0.15, 0.2) is 18.3 Å². The minimum atomic E-state index is -0.0838. The van der Waals surface area contributed by atoms with Crippen molar-refractivity contribution in [2.75, 3.05) is 33.4 Å². The summed E-state index contributed by atoms with van der Waals surface area (Å²) in [4.78, 5) is 17.7. The Bertz CT molecular complexity index is 369. The van der Waals surface area contributed by atoms with E-state index in [9.17, 15) is 4.79 Å². The van der Waals surface area contributed by atoms with Crippen molar-refractivity contribution in [3.05, 3.63) is 29.6 Å². The summed E-state index contributed by atoms with van der Waals surface area (Å²) in [6.45, 7) is 3.92. The van der Waals surface area contributed by atoms with Crippen LogP contribution in [0.25, 0.3) is 0 Å². The lowest BCUT2D eigenvalue weighted by molar-refractivity contribution is 0.0698. The van der Waals surface area contributed by atoms with Crippen molar-refractivity contribution in [1.82, 2.24) is 9.88 Å². The number of pyridine rings is 1. The van der Waals surface area contributed by atoms with E-state index in [1.807, 2.05) is 19.1 Å². The SMILES string of the molecule is Cc1cccnc1C(=O)N(C)CCOCCN. The smallest absolute Gasteiger partial charge is 0.272 e. The molecule has 0 saturated carbocycles. The Balaban J connectivity index is 2.49. The molecule has 0 aliphatic carbocycles. The molecule has 0 atom stereocenters. The molecule has 0 saturated heterocycles. The second kappa shape index (κ2) is 6.98. The van der Waals surface area contributed by atoms with E-state index in [2.05, 4.69) is 4.98 Å². The fourth-order valence-corrected chi connectivity index (χ4v) is 1.38. The molecule has 5 heteroatoms. The summed E-state index contributed by atoms with van der Waals surface area (Å²) >= 11 is 0. The molecule has 0 spiro atoms. The van der Waals surface area contributed by atoms with Gasteiger partial charge >= 0.3 is 0 Å². The number of rotatable bonds is 6. The minimum Gasteiger partial charge on any atom is -0.378 e. The number of likely N-dealkylation sites (N-methyl/N-ethyl adjacent to an activating group) is 1. The first kappa shape index (κ1) is 13.6. The van der Waals surface area contributed by atoms with Crippen molar-refractivity contribution < 1.29 is 9.53 Å². The summed E-state index contributed by atoms with van der Waals surface area (Å²) in [5, 5.41) is 0. The fourth-order valence-electron chi connectivity index (χ4n) is 1.38. The van der Waals surface area contributed by atoms with E-state index in [1.165, 1.54) is 0 Å². The van der Waals surface area contributed by atoms with Crippen molar-refractivity contribution in [2.45, 2.75) is 6.92 Å². The maximum absolute atomic E-state index is 12.0. The van der Waals surface area contributed by atoms with Crippen LogP contribution in [-0.2, 0) is 4.74 Å². The number of carbonyl (C=O) groups excluding carboxylic acids is 1. The summed E-state index contributed by atoms with van der Waals surface area (Å²) in [7, 11) is 1.74. The molecular weight excluding hydrogens is 218 g/mol. The third kappa shape index (κ3) is 4.13. The van der Waals surface area contributed by atoms with Crippen molar-refractivity contribution >= 4 is 5.91 Å². The third-order valence-electron chi connectivity index (χ3n) is 2.39. The highest BCUT2D eigenvalue weighted by Crippen LogP contribution is 2.05. The number of nitrogens with zero attached hydrogens (tertiary/aromatic N) is 2. The van der Waals surface area contributed by atoms with Crippen LogP contribution in [-0.4, -0.2) is 49.1 Å². The number of nitrogens with two attached hydrogens (primary N) is 1. The highest BCUT2D eigenvalue weighted by atomic mass is 16.5. The zero-order valence-corrected chi connectivity index (χ0v) is 10.3. The van der Waals surface area contributed by atoms with Gasteiger partial charge in [0.1, 0.15) is 5.69 Å². The lowest BCUT2D eigenvalue weighted by Crippen LogP contribution is -2.31. The molecule has 1 aromatic rings. The predicted octanol–water partition coefficient (Wildman–Crippen LogP) is 0.437.